The van der Waals surface area contributed by atoms with Crippen LogP contribution in [0.3, 0.4) is 0 Å². The summed E-state index contributed by atoms with van der Waals surface area (Å²) in [5, 5.41) is 2.87. The van der Waals surface area contributed by atoms with Crippen molar-refractivity contribution in [2.75, 3.05) is 11.9 Å². The number of hydrogen-bond acceptors (Lipinski definition) is 2. The molecule has 0 fully saturated rings. The van der Waals surface area contributed by atoms with E-state index in [0.717, 1.165) is 17.9 Å². The van der Waals surface area contributed by atoms with E-state index in [1.807, 2.05) is 38.1 Å². The van der Waals surface area contributed by atoms with Gasteiger partial charge < -0.3 is 10.1 Å². The van der Waals surface area contributed by atoms with Crippen molar-refractivity contribution in [1.29, 1.82) is 0 Å². The molecule has 4 heteroatoms. The molecule has 0 saturated heterocycles. The molecule has 0 radical (unpaired) electrons. The third kappa shape index (κ3) is 4.69. The normalized spacial score (nSPS) is 12.3. The van der Waals surface area contributed by atoms with Gasteiger partial charge in [0.15, 0.2) is 0 Å². The van der Waals surface area contributed by atoms with Crippen molar-refractivity contribution in [3.8, 4) is 5.75 Å². The van der Waals surface area contributed by atoms with Crippen LogP contribution in [0, 0.1) is 5.92 Å². The van der Waals surface area contributed by atoms with Gasteiger partial charge >= 0.3 is 0 Å². The molecule has 0 saturated carbocycles. The standard InChI is InChI=1S/C14H20BrNO2/c1-4-8-18-12-7-5-6-11(9-12)16-14(17)13(15)10(2)3/h5-7,9-10,13H,4,8H2,1-3H3,(H,16,17). The molecule has 0 spiro atoms. The summed E-state index contributed by atoms with van der Waals surface area (Å²) in [6, 6.07) is 7.46. The van der Waals surface area contributed by atoms with Crippen LogP contribution in [-0.4, -0.2) is 17.3 Å². The Morgan fingerprint density at radius 2 is 2.17 bits per heavy atom. The number of carbonyl (C=O) groups excluding carboxylic acids is 1. The van der Waals surface area contributed by atoms with Crippen molar-refractivity contribution in [3.05, 3.63) is 24.3 Å². The summed E-state index contributed by atoms with van der Waals surface area (Å²) in [7, 11) is 0. The second-order valence-corrected chi connectivity index (χ2v) is 5.50. The Morgan fingerprint density at radius 1 is 1.44 bits per heavy atom. The first kappa shape index (κ1) is 15.0. The smallest absolute Gasteiger partial charge is 0.238 e. The zero-order valence-corrected chi connectivity index (χ0v) is 12.7. The average molecular weight is 314 g/mol. The van der Waals surface area contributed by atoms with E-state index in [-0.39, 0.29) is 16.7 Å². The van der Waals surface area contributed by atoms with Crippen molar-refractivity contribution in [2.24, 2.45) is 5.92 Å². The first-order valence-corrected chi connectivity index (χ1v) is 7.14. The van der Waals surface area contributed by atoms with Crippen LogP contribution in [0.25, 0.3) is 0 Å². The van der Waals surface area contributed by atoms with Gasteiger partial charge in [-0.1, -0.05) is 42.8 Å². The van der Waals surface area contributed by atoms with Crippen LogP contribution in [0.15, 0.2) is 24.3 Å². The van der Waals surface area contributed by atoms with Crippen LogP contribution in [0.1, 0.15) is 27.2 Å². The second kappa shape index (κ2) is 7.41. The molecule has 0 bridgehead atoms. The van der Waals surface area contributed by atoms with Crippen LogP contribution in [-0.2, 0) is 4.79 Å². The Bertz CT molecular complexity index is 393. The number of ether oxygens (including phenoxy) is 1. The number of halogens is 1. The van der Waals surface area contributed by atoms with E-state index in [4.69, 9.17) is 4.74 Å². The van der Waals surface area contributed by atoms with Crippen LogP contribution in [0.5, 0.6) is 5.75 Å². The Balaban J connectivity index is 2.64. The van der Waals surface area contributed by atoms with Gasteiger partial charge in [0.1, 0.15) is 5.75 Å². The second-order valence-electron chi connectivity index (χ2n) is 4.51. The third-order valence-corrected chi connectivity index (χ3v) is 3.88. The molecular formula is C14H20BrNO2. The maximum Gasteiger partial charge on any atom is 0.238 e. The molecule has 1 aromatic carbocycles. The predicted octanol–water partition coefficient (Wildman–Crippen LogP) is 3.83. The number of anilines is 1. The van der Waals surface area contributed by atoms with Crippen molar-refractivity contribution in [2.45, 2.75) is 32.0 Å². The number of amides is 1. The lowest BCUT2D eigenvalue weighted by Crippen LogP contribution is -2.26. The molecular weight excluding hydrogens is 294 g/mol. The molecule has 0 aliphatic carbocycles. The van der Waals surface area contributed by atoms with E-state index in [9.17, 15) is 4.79 Å². The monoisotopic (exact) mass is 313 g/mol. The van der Waals surface area contributed by atoms with Crippen molar-refractivity contribution in [3.63, 3.8) is 0 Å². The molecule has 100 valence electrons. The maximum absolute atomic E-state index is 11.9. The Labute approximate surface area is 117 Å². The quantitative estimate of drug-likeness (QED) is 0.810. The topological polar surface area (TPSA) is 38.3 Å². The van der Waals surface area contributed by atoms with Gasteiger partial charge in [-0.15, -0.1) is 0 Å². The summed E-state index contributed by atoms with van der Waals surface area (Å²) in [4.78, 5) is 11.7. The fraction of sp³-hybridized carbons (Fsp3) is 0.500. The van der Waals surface area contributed by atoms with Gasteiger partial charge in [0.25, 0.3) is 0 Å². The lowest BCUT2D eigenvalue weighted by Gasteiger charge is -2.14. The van der Waals surface area contributed by atoms with Gasteiger partial charge in [-0.2, -0.15) is 0 Å². The SMILES string of the molecule is CCCOc1cccc(NC(=O)C(Br)C(C)C)c1. The van der Waals surface area contributed by atoms with Crippen LogP contribution >= 0.6 is 15.9 Å². The first-order chi connectivity index (χ1) is 8.54. The molecule has 1 unspecified atom stereocenters. The van der Waals surface area contributed by atoms with Gasteiger partial charge in [-0.3, -0.25) is 4.79 Å². The van der Waals surface area contributed by atoms with E-state index in [1.54, 1.807) is 0 Å². The predicted molar refractivity (Wildman–Crippen MR) is 78.4 cm³/mol. The first-order valence-electron chi connectivity index (χ1n) is 6.22. The summed E-state index contributed by atoms with van der Waals surface area (Å²) in [6.45, 7) is 6.74. The molecule has 18 heavy (non-hydrogen) atoms. The van der Waals surface area contributed by atoms with Crippen LogP contribution in [0.4, 0.5) is 5.69 Å². The highest BCUT2D eigenvalue weighted by molar-refractivity contribution is 9.10. The molecule has 0 aromatic heterocycles. The van der Waals surface area contributed by atoms with E-state index in [2.05, 4.69) is 28.2 Å². The van der Waals surface area contributed by atoms with Crippen molar-refractivity contribution >= 4 is 27.5 Å². The molecule has 0 heterocycles. The molecule has 0 aliphatic heterocycles. The van der Waals surface area contributed by atoms with Gasteiger partial charge in [0.2, 0.25) is 5.91 Å². The zero-order chi connectivity index (χ0) is 13.5. The summed E-state index contributed by atoms with van der Waals surface area (Å²) < 4.78 is 5.52. The van der Waals surface area contributed by atoms with Crippen molar-refractivity contribution in [1.82, 2.24) is 0 Å². The average Bonchev–Trinajstić information content (AvgIpc) is 2.35. The minimum atomic E-state index is -0.183. The van der Waals surface area contributed by atoms with E-state index in [0.29, 0.717) is 6.61 Å². The summed E-state index contributed by atoms with van der Waals surface area (Å²) in [5.74, 6) is 1.01. The lowest BCUT2D eigenvalue weighted by molar-refractivity contribution is -0.116. The Hall–Kier alpha value is -1.03. The number of hydrogen-bond donors (Lipinski definition) is 1. The number of carbonyl (C=O) groups is 1. The van der Waals surface area contributed by atoms with E-state index < -0.39 is 0 Å². The van der Waals surface area contributed by atoms with Crippen molar-refractivity contribution < 1.29 is 9.53 Å². The Kier molecular flexibility index (Phi) is 6.19. The molecule has 1 atom stereocenters. The van der Waals surface area contributed by atoms with E-state index in [1.165, 1.54) is 0 Å². The maximum atomic E-state index is 11.9. The highest BCUT2D eigenvalue weighted by Gasteiger charge is 2.18. The van der Waals surface area contributed by atoms with Crippen LogP contribution in [0.2, 0.25) is 0 Å². The molecule has 1 N–H and O–H groups in total. The third-order valence-electron chi connectivity index (χ3n) is 2.41. The highest BCUT2D eigenvalue weighted by atomic mass is 79.9. The van der Waals surface area contributed by atoms with Gasteiger partial charge in [0, 0.05) is 11.8 Å². The summed E-state index contributed by atoms with van der Waals surface area (Å²) in [5.41, 5.74) is 0.763. The fourth-order valence-electron chi connectivity index (χ4n) is 1.40. The number of nitrogens with one attached hydrogen (secondary N) is 1. The largest absolute Gasteiger partial charge is 0.494 e. The number of alkyl halides is 1. The molecule has 1 rings (SSSR count). The number of rotatable bonds is 6. The molecule has 3 nitrogen and oxygen atoms in total. The minimum Gasteiger partial charge on any atom is -0.494 e. The molecule has 0 aliphatic rings. The van der Waals surface area contributed by atoms with Gasteiger partial charge in [0.05, 0.1) is 11.4 Å². The van der Waals surface area contributed by atoms with Crippen LogP contribution < -0.4 is 10.1 Å². The van der Waals surface area contributed by atoms with Gasteiger partial charge in [-0.25, -0.2) is 0 Å². The highest BCUT2D eigenvalue weighted by Crippen LogP contribution is 2.20. The van der Waals surface area contributed by atoms with Gasteiger partial charge in [-0.05, 0) is 24.5 Å². The minimum absolute atomic E-state index is 0.0300. The lowest BCUT2D eigenvalue weighted by atomic mass is 10.1. The summed E-state index contributed by atoms with van der Waals surface area (Å²) in [6.07, 6.45) is 0.966. The molecule has 1 aromatic rings. The molecule has 1 amide bonds. The van der Waals surface area contributed by atoms with E-state index >= 15 is 0 Å². The summed E-state index contributed by atoms with van der Waals surface area (Å²) >= 11 is 3.38. The number of benzene rings is 1. The Morgan fingerprint density at radius 3 is 2.78 bits per heavy atom. The zero-order valence-electron chi connectivity index (χ0n) is 11.1. The fourth-order valence-corrected chi connectivity index (χ4v) is 1.51.